The standard InChI is InChI=1S/C31H27F4N3O3/c1-3-41-15-13-23(26(39)17-21-9-12-25(32)24(16-21)31(33,34)35)19(2)29-28(22-10-7-20(18-36)8-11-22)30(40)38-14-5-4-6-27(38)37-29/h4-12,14,16,19,23H,3,13,15,17H2,1-2H3/t19-,23?/m0/s1. The van der Waals surface area contributed by atoms with E-state index in [1.54, 1.807) is 62.5 Å². The fourth-order valence-corrected chi connectivity index (χ4v) is 4.89. The Morgan fingerprint density at radius 1 is 1.12 bits per heavy atom. The Morgan fingerprint density at radius 2 is 1.85 bits per heavy atom. The molecule has 0 amide bonds. The van der Waals surface area contributed by atoms with Crippen LogP contribution in [0.1, 0.15) is 48.6 Å². The highest BCUT2D eigenvalue weighted by atomic mass is 19.4. The predicted molar refractivity (Wildman–Crippen MR) is 145 cm³/mol. The molecule has 2 aromatic heterocycles. The molecule has 0 radical (unpaired) electrons. The lowest BCUT2D eigenvalue weighted by atomic mass is 9.81. The van der Waals surface area contributed by atoms with Crippen molar-refractivity contribution in [2.24, 2.45) is 5.92 Å². The molecule has 4 aromatic rings. The van der Waals surface area contributed by atoms with Crippen LogP contribution in [0, 0.1) is 23.1 Å². The monoisotopic (exact) mass is 565 g/mol. The SMILES string of the molecule is CCOCCC(C(=O)Cc1ccc(F)c(C(F)(F)F)c1)[C@H](C)c1nc2ccccn2c(=O)c1-c1ccc(C#N)cc1. The van der Waals surface area contributed by atoms with Crippen LogP contribution in [0.4, 0.5) is 17.6 Å². The number of ether oxygens (including phenoxy) is 1. The number of hydrogen-bond acceptors (Lipinski definition) is 5. The molecule has 10 heteroatoms. The third-order valence-electron chi connectivity index (χ3n) is 7.01. The molecule has 0 N–H and O–H groups in total. The lowest BCUT2D eigenvalue weighted by Crippen LogP contribution is -2.28. The number of rotatable bonds is 10. The first-order valence-corrected chi connectivity index (χ1v) is 13.0. The highest BCUT2D eigenvalue weighted by Gasteiger charge is 2.35. The van der Waals surface area contributed by atoms with E-state index >= 15 is 0 Å². The largest absolute Gasteiger partial charge is 0.419 e. The number of nitrogens with zero attached hydrogens (tertiary/aromatic N) is 3. The summed E-state index contributed by atoms with van der Waals surface area (Å²) in [4.78, 5) is 32.1. The molecular formula is C31H27F4N3O3. The van der Waals surface area contributed by atoms with Gasteiger partial charge < -0.3 is 4.74 Å². The van der Waals surface area contributed by atoms with Crippen LogP contribution in [0.3, 0.4) is 0 Å². The Bertz CT molecular complexity index is 1660. The van der Waals surface area contributed by atoms with Gasteiger partial charge in [-0.25, -0.2) is 9.37 Å². The summed E-state index contributed by atoms with van der Waals surface area (Å²) >= 11 is 0. The summed E-state index contributed by atoms with van der Waals surface area (Å²) in [5.41, 5.74) is 0.0835. The molecule has 4 rings (SSSR count). The van der Waals surface area contributed by atoms with E-state index in [4.69, 9.17) is 9.72 Å². The topological polar surface area (TPSA) is 84.5 Å². The van der Waals surface area contributed by atoms with Crippen LogP contribution in [-0.4, -0.2) is 28.4 Å². The number of pyridine rings is 1. The van der Waals surface area contributed by atoms with Gasteiger partial charge in [0.25, 0.3) is 5.56 Å². The van der Waals surface area contributed by atoms with Crippen LogP contribution in [0.15, 0.2) is 71.7 Å². The molecule has 41 heavy (non-hydrogen) atoms. The number of benzene rings is 2. The average molecular weight is 566 g/mol. The van der Waals surface area contributed by atoms with E-state index < -0.39 is 35.2 Å². The Hall–Kier alpha value is -4.36. The first-order valence-electron chi connectivity index (χ1n) is 13.0. The van der Waals surface area contributed by atoms with Crippen LogP contribution < -0.4 is 5.56 Å². The summed E-state index contributed by atoms with van der Waals surface area (Å²) in [6, 6.07) is 16.1. The van der Waals surface area contributed by atoms with Gasteiger partial charge in [0, 0.05) is 37.7 Å². The molecule has 212 valence electrons. The molecule has 2 heterocycles. The smallest absolute Gasteiger partial charge is 0.382 e. The number of ketones is 1. The highest BCUT2D eigenvalue weighted by Crippen LogP contribution is 2.35. The van der Waals surface area contributed by atoms with Crippen molar-refractivity contribution in [1.82, 2.24) is 9.38 Å². The quantitative estimate of drug-likeness (QED) is 0.165. The van der Waals surface area contributed by atoms with E-state index in [2.05, 4.69) is 0 Å². The van der Waals surface area contributed by atoms with Gasteiger partial charge in [0.2, 0.25) is 0 Å². The van der Waals surface area contributed by atoms with Crippen molar-refractivity contribution in [1.29, 1.82) is 5.26 Å². The van der Waals surface area contributed by atoms with E-state index in [0.717, 1.165) is 6.07 Å². The molecule has 0 saturated carbocycles. The van der Waals surface area contributed by atoms with Gasteiger partial charge in [0.05, 0.1) is 28.5 Å². The third kappa shape index (κ3) is 6.52. The summed E-state index contributed by atoms with van der Waals surface area (Å²) in [6.45, 7) is 4.14. The van der Waals surface area contributed by atoms with Gasteiger partial charge in [0.1, 0.15) is 17.2 Å². The maximum Gasteiger partial charge on any atom is 0.419 e. The Morgan fingerprint density at radius 3 is 2.51 bits per heavy atom. The van der Waals surface area contributed by atoms with Gasteiger partial charge in [-0.1, -0.05) is 31.2 Å². The molecule has 0 spiro atoms. The Balaban J connectivity index is 1.80. The lowest BCUT2D eigenvalue weighted by molar-refractivity contribution is -0.140. The number of alkyl halides is 3. The summed E-state index contributed by atoms with van der Waals surface area (Å²) in [5, 5.41) is 9.21. The van der Waals surface area contributed by atoms with E-state index in [0.29, 0.717) is 41.2 Å². The molecule has 0 aliphatic carbocycles. The zero-order chi connectivity index (χ0) is 29.7. The molecule has 1 unspecified atom stereocenters. The number of fused-ring (bicyclic) bond motifs is 1. The molecule has 6 nitrogen and oxygen atoms in total. The number of carbonyl (C=O) groups excluding carboxylic acids is 1. The molecular weight excluding hydrogens is 538 g/mol. The second-order valence-electron chi connectivity index (χ2n) is 9.63. The first-order chi connectivity index (χ1) is 19.5. The van der Waals surface area contributed by atoms with Crippen molar-refractivity contribution in [3.8, 4) is 17.2 Å². The normalized spacial score (nSPS) is 13.1. The van der Waals surface area contributed by atoms with Crippen LogP contribution in [0.25, 0.3) is 16.8 Å². The third-order valence-corrected chi connectivity index (χ3v) is 7.01. The van der Waals surface area contributed by atoms with Gasteiger partial charge in [0.15, 0.2) is 0 Å². The number of nitriles is 1. The minimum absolute atomic E-state index is 0.0243. The van der Waals surface area contributed by atoms with Crippen molar-refractivity contribution in [2.75, 3.05) is 13.2 Å². The van der Waals surface area contributed by atoms with E-state index in [9.17, 15) is 32.4 Å². The minimum atomic E-state index is -4.90. The number of aromatic nitrogens is 2. The Labute approximate surface area is 233 Å². The molecule has 0 bridgehead atoms. The minimum Gasteiger partial charge on any atom is -0.382 e. The van der Waals surface area contributed by atoms with E-state index in [-0.39, 0.29) is 36.1 Å². The van der Waals surface area contributed by atoms with Crippen molar-refractivity contribution in [2.45, 2.75) is 38.8 Å². The number of halogens is 4. The molecule has 0 aliphatic heterocycles. The second-order valence-corrected chi connectivity index (χ2v) is 9.63. The van der Waals surface area contributed by atoms with Crippen molar-refractivity contribution in [3.05, 3.63) is 105 Å². The summed E-state index contributed by atoms with van der Waals surface area (Å²) in [6.07, 6.45) is -3.47. The lowest BCUT2D eigenvalue weighted by Gasteiger charge is -2.25. The van der Waals surface area contributed by atoms with Crippen LogP contribution in [-0.2, 0) is 22.1 Å². The number of Topliss-reactive ketones (excluding diaryl/α,β-unsaturated/α-hetero) is 1. The van der Waals surface area contributed by atoms with E-state index in [1.165, 1.54) is 4.40 Å². The van der Waals surface area contributed by atoms with Gasteiger partial charge >= 0.3 is 6.18 Å². The molecule has 2 atom stereocenters. The first kappa shape index (κ1) is 29.6. The van der Waals surface area contributed by atoms with Crippen molar-refractivity contribution in [3.63, 3.8) is 0 Å². The van der Waals surface area contributed by atoms with Crippen LogP contribution in [0.2, 0.25) is 0 Å². The van der Waals surface area contributed by atoms with Gasteiger partial charge in [-0.2, -0.15) is 18.4 Å². The van der Waals surface area contributed by atoms with Gasteiger partial charge in [-0.05, 0) is 60.9 Å². The maximum atomic E-state index is 13.9. The van der Waals surface area contributed by atoms with Crippen molar-refractivity contribution < 1.29 is 27.1 Å². The fraction of sp³-hybridized carbons (Fsp3) is 0.290. The molecule has 2 aromatic carbocycles. The van der Waals surface area contributed by atoms with Crippen LogP contribution >= 0.6 is 0 Å². The molecule has 0 aliphatic rings. The average Bonchev–Trinajstić information content (AvgIpc) is 2.95. The second kappa shape index (κ2) is 12.4. The number of hydrogen-bond donors (Lipinski definition) is 0. The molecule has 0 fully saturated rings. The Kier molecular flexibility index (Phi) is 8.98. The number of carbonyl (C=O) groups is 1. The van der Waals surface area contributed by atoms with E-state index in [1.807, 2.05) is 6.07 Å². The zero-order valence-electron chi connectivity index (χ0n) is 22.4. The maximum absolute atomic E-state index is 13.9. The zero-order valence-corrected chi connectivity index (χ0v) is 22.4. The fourth-order valence-electron chi connectivity index (χ4n) is 4.89. The van der Waals surface area contributed by atoms with Crippen molar-refractivity contribution >= 4 is 11.4 Å². The highest BCUT2D eigenvalue weighted by molar-refractivity contribution is 5.84. The van der Waals surface area contributed by atoms with Gasteiger partial charge in [-0.3, -0.25) is 14.0 Å². The van der Waals surface area contributed by atoms with Gasteiger partial charge in [-0.15, -0.1) is 0 Å². The molecule has 0 saturated heterocycles. The summed E-state index contributed by atoms with van der Waals surface area (Å²) in [7, 11) is 0. The predicted octanol–water partition coefficient (Wildman–Crippen LogP) is 6.35. The summed E-state index contributed by atoms with van der Waals surface area (Å²) in [5.74, 6) is -3.23. The summed E-state index contributed by atoms with van der Waals surface area (Å²) < 4.78 is 60.6. The van der Waals surface area contributed by atoms with Crippen LogP contribution in [0.5, 0.6) is 0 Å².